The minimum Gasteiger partial charge on any atom is -0.351 e. The third-order valence-corrected chi connectivity index (χ3v) is 7.80. The van der Waals surface area contributed by atoms with Gasteiger partial charge in [0.15, 0.2) is 5.13 Å². The minimum absolute atomic E-state index is 0.0432. The summed E-state index contributed by atoms with van der Waals surface area (Å²) in [4.78, 5) is 32.5. The third kappa shape index (κ3) is 4.34. The lowest BCUT2D eigenvalue weighted by atomic mass is 9.90. The van der Waals surface area contributed by atoms with E-state index in [9.17, 15) is 9.59 Å². The van der Waals surface area contributed by atoms with Crippen LogP contribution in [0.1, 0.15) is 45.3 Å². The summed E-state index contributed by atoms with van der Waals surface area (Å²) in [7, 11) is 0. The molecule has 4 rings (SSSR count). The van der Waals surface area contributed by atoms with Crippen molar-refractivity contribution in [2.45, 2.75) is 39.7 Å². The van der Waals surface area contributed by atoms with Crippen molar-refractivity contribution in [3.8, 4) is 10.6 Å². The van der Waals surface area contributed by atoms with Gasteiger partial charge in [-0.05, 0) is 48.9 Å². The summed E-state index contributed by atoms with van der Waals surface area (Å²) in [6, 6.07) is 6.04. The number of carbonyl (C=O) groups is 2. The van der Waals surface area contributed by atoms with Crippen molar-refractivity contribution in [2.24, 2.45) is 5.92 Å². The van der Waals surface area contributed by atoms with E-state index in [2.05, 4.69) is 22.5 Å². The Balaban J connectivity index is 1.42. The number of amides is 2. The van der Waals surface area contributed by atoms with Gasteiger partial charge < -0.3 is 5.32 Å². The van der Waals surface area contributed by atoms with Gasteiger partial charge in [-0.2, -0.15) is 0 Å². The first-order valence-electron chi connectivity index (χ1n) is 9.20. The van der Waals surface area contributed by atoms with E-state index in [0.29, 0.717) is 17.6 Å². The molecule has 0 fully saturated rings. The molecule has 1 unspecified atom stereocenters. The van der Waals surface area contributed by atoms with Crippen molar-refractivity contribution in [3.63, 3.8) is 0 Å². The highest BCUT2D eigenvalue weighted by atomic mass is 32.1. The Morgan fingerprint density at radius 1 is 1.29 bits per heavy atom. The Bertz CT molecular complexity index is 1020. The number of thiophene rings is 2. The van der Waals surface area contributed by atoms with Gasteiger partial charge in [-0.1, -0.05) is 6.92 Å². The molecule has 0 saturated heterocycles. The lowest BCUT2D eigenvalue weighted by Crippen LogP contribution is -2.17. The molecule has 0 spiro atoms. The first kappa shape index (κ1) is 19.3. The molecule has 0 aliphatic heterocycles. The summed E-state index contributed by atoms with van der Waals surface area (Å²) < 4.78 is 0. The Morgan fingerprint density at radius 2 is 2.14 bits per heavy atom. The topological polar surface area (TPSA) is 71.1 Å². The maximum Gasteiger partial charge on any atom is 0.267 e. The van der Waals surface area contributed by atoms with Crippen LogP contribution < -0.4 is 10.6 Å². The van der Waals surface area contributed by atoms with Crippen molar-refractivity contribution in [1.29, 1.82) is 0 Å². The van der Waals surface area contributed by atoms with Crippen molar-refractivity contribution in [3.05, 3.63) is 43.8 Å². The quantitative estimate of drug-likeness (QED) is 0.601. The van der Waals surface area contributed by atoms with Crippen LogP contribution in [0.25, 0.3) is 10.6 Å². The van der Waals surface area contributed by atoms with E-state index in [-0.39, 0.29) is 11.8 Å². The summed E-state index contributed by atoms with van der Waals surface area (Å²) >= 11 is 4.63. The summed E-state index contributed by atoms with van der Waals surface area (Å²) in [5, 5.41) is 8.30. The fraction of sp³-hybridized carbons (Fsp3) is 0.350. The normalized spacial score (nSPS) is 15.9. The molecule has 0 aromatic carbocycles. The zero-order valence-corrected chi connectivity index (χ0v) is 18.2. The molecule has 1 atom stereocenters. The Hall–Kier alpha value is -2.03. The lowest BCUT2D eigenvalue weighted by molar-refractivity contribution is -0.119. The molecule has 1 aliphatic rings. The van der Waals surface area contributed by atoms with Crippen LogP contribution in [-0.2, 0) is 24.2 Å². The van der Waals surface area contributed by atoms with E-state index in [4.69, 9.17) is 0 Å². The van der Waals surface area contributed by atoms with Gasteiger partial charge in [0.05, 0.1) is 22.0 Å². The SMILES string of the molecule is CC(=O)NCc1ccc(-c2csc(NC(=O)c3cc4c(s3)CCC(C)C4)n2)s1. The summed E-state index contributed by atoms with van der Waals surface area (Å²) in [5.41, 5.74) is 2.18. The lowest BCUT2D eigenvalue weighted by Gasteiger charge is -2.16. The molecule has 3 aromatic heterocycles. The molecule has 2 amide bonds. The van der Waals surface area contributed by atoms with E-state index in [1.807, 2.05) is 23.6 Å². The van der Waals surface area contributed by atoms with E-state index in [1.54, 1.807) is 22.7 Å². The number of carbonyl (C=O) groups excluding carboxylic acids is 2. The Kier molecular flexibility index (Phi) is 5.61. The largest absolute Gasteiger partial charge is 0.351 e. The molecular formula is C20H21N3O2S3. The summed E-state index contributed by atoms with van der Waals surface area (Å²) in [6.07, 6.45) is 3.35. The van der Waals surface area contributed by atoms with E-state index < -0.39 is 0 Å². The summed E-state index contributed by atoms with van der Waals surface area (Å²) in [6.45, 7) is 4.30. The first-order chi connectivity index (χ1) is 13.5. The second kappa shape index (κ2) is 8.14. The molecule has 0 radical (unpaired) electrons. The maximum absolute atomic E-state index is 12.6. The van der Waals surface area contributed by atoms with E-state index in [0.717, 1.165) is 33.2 Å². The zero-order valence-electron chi connectivity index (χ0n) is 15.7. The van der Waals surface area contributed by atoms with Crippen LogP contribution in [-0.4, -0.2) is 16.8 Å². The smallest absolute Gasteiger partial charge is 0.267 e. The van der Waals surface area contributed by atoms with Crippen LogP contribution in [0.3, 0.4) is 0 Å². The van der Waals surface area contributed by atoms with Gasteiger partial charge >= 0.3 is 0 Å². The number of fused-ring (bicyclic) bond motifs is 1. The van der Waals surface area contributed by atoms with Gasteiger partial charge in [0.1, 0.15) is 0 Å². The average molecular weight is 432 g/mol. The molecule has 3 aromatic rings. The van der Waals surface area contributed by atoms with E-state index >= 15 is 0 Å². The second-order valence-electron chi connectivity index (χ2n) is 7.07. The molecule has 5 nitrogen and oxygen atoms in total. The number of aryl methyl sites for hydroxylation is 1. The van der Waals surface area contributed by atoms with Crippen LogP contribution in [0.4, 0.5) is 5.13 Å². The zero-order chi connectivity index (χ0) is 19.7. The third-order valence-electron chi connectivity index (χ3n) is 4.70. The number of aromatic nitrogens is 1. The Morgan fingerprint density at radius 3 is 2.96 bits per heavy atom. The van der Waals surface area contributed by atoms with Crippen LogP contribution in [0, 0.1) is 5.92 Å². The fourth-order valence-electron chi connectivity index (χ4n) is 3.24. The van der Waals surface area contributed by atoms with Gasteiger partial charge in [-0.3, -0.25) is 14.9 Å². The molecule has 0 saturated carbocycles. The standard InChI is InChI=1S/C20H21N3O2S3/c1-11-3-5-16-13(7-11)8-18(28-16)19(25)23-20-22-15(10-26-20)17-6-4-14(27-17)9-21-12(2)24/h4,6,8,10-11H,3,5,7,9H2,1-2H3,(H,21,24)(H,22,23,25). The fourth-order valence-corrected chi connectivity index (χ4v) is 6.03. The van der Waals surface area contributed by atoms with Crippen molar-refractivity contribution in [2.75, 3.05) is 5.32 Å². The number of rotatable bonds is 5. The first-order valence-corrected chi connectivity index (χ1v) is 11.7. The van der Waals surface area contributed by atoms with Crippen LogP contribution in [0.2, 0.25) is 0 Å². The highest BCUT2D eigenvalue weighted by molar-refractivity contribution is 7.17. The molecule has 1 aliphatic carbocycles. The van der Waals surface area contributed by atoms with Gasteiger partial charge in [0.2, 0.25) is 5.91 Å². The van der Waals surface area contributed by atoms with Crippen molar-refractivity contribution in [1.82, 2.24) is 10.3 Å². The minimum atomic E-state index is -0.0783. The molecule has 3 heterocycles. The van der Waals surface area contributed by atoms with Crippen LogP contribution >= 0.6 is 34.0 Å². The number of hydrogen-bond donors (Lipinski definition) is 2. The number of nitrogens with zero attached hydrogens (tertiary/aromatic N) is 1. The highest BCUT2D eigenvalue weighted by Gasteiger charge is 2.21. The molecule has 146 valence electrons. The van der Waals surface area contributed by atoms with Crippen LogP contribution in [0.15, 0.2) is 23.6 Å². The van der Waals surface area contributed by atoms with Gasteiger partial charge in [0.25, 0.3) is 5.91 Å². The molecular weight excluding hydrogens is 410 g/mol. The average Bonchev–Trinajstić information content (AvgIpc) is 3.38. The number of thiazole rings is 1. The van der Waals surface area contributed by atoms with Crippen molar-refractivity contribution >= 4 is 51.0 Å². The monoisotopic (exact) mass is 431 g/mol. The van der Waals surface area contributed by atoms with Crippen molar-refractivity contribution < 1.29 is 9.59 Å². The summed E-state index contributed by atoms with van der Waals surface area (Å²) in [5.74, 6) is 0.574. The molecule has 0 bridgehead atoms. The Labute approximate surface area is 175 Å². The molecule has 8 heteroatoms. The van der Waals surface area contributed by atoms with Crippen LogP contribution in [0.5, 0.6) is 0 Å². The number of hydrogen-bond acceptors (Lipinski definition) is 6. The van der Waals surface area contributed by atoms with Gasteiger partial charge in [0, 0.05) is 22.1 Å². The molecule has 2 N–H and O–H groups in total. The number of anilines is 1. The number of nitrogens with one attached hydrogen (secondary N) is 2. The molecule has 28 heavy (non-hydrogen) atoms. The predicted molar refractivity (Wildman–Crippen MR) is 116 cm³/mol. The maximum atomic E-state index is 12.6. The van der Waals surface area contributed by atoms with Gasteiger partial charge in [-0.25, -0.2) is 4.98 Å². The predicted octanol–water partition coefficient (Wildman–Crippen LogP) is 4.95. The second-order valence-corrected chi connectivity index (χ2v) is 10.2. The van der Waals surface area contributed by atoms with Gasteiger partial charge in [-0.15, -0.1) is 34.0 Å². The highest BCUT2D eigenvalue weighted by Crippen LogP contribution is 2.34. The van der Waals surface area contributed by atoms with E-state index in [1.165, 1.54) is 35.1 Å².